The molecule has 0 spiro atoms. The van der Waals surface area contributed by atoms with E-state index in [0.717, 1.165) is 49.6 Å². The van der Waals surface area contributed by atoms with Crippen LogP contribution in [0, 0.1) is 0 Å². The Morgan fingerprint density at radius 3 is 2.74 bits per heavy atom. The molecule has 27 heavy (non-hydrogen) atoms. The molecule has 0 aromatic carbocycles. The average molecular weight is 372 g/mol. The van der Waals surface area contributed by atoms with Crippen LogP contribution in [-0.4, -0.2) is 45.4 Å². The molecule has 2 fully saturated rings. The fourth-order valence-corrected chi connectivity index (χ4v) is 4.24. The van der Waals surface area contributed by atoms with Gasteiger partial charge in [-0.25, -0.2) is 4.79 Å². The molecule has 0 radical (unpaired) electrons. The fourth-order valence-electron chi connectivity index (χ4n) is 4.24. The van der Waals surface area contributed by atoms with Crippen LogP contribution in [0.1, 0.15) is 51.9 Å². The molecule has 1 aliphatic carbocycles. The molecule has 146 valence electrons. The van der Waals surface area contributed by atoms with E-state index in [2.05, 4.69) is 27.3 Å². The van der Waals surface area contributed by atoms with E-state index in [1.807, 2.05) is 22.7 Å². The van der Waals surface area contributed by atoms with Crippen LogP contribution in [0.4, 0.5) is 10.7 Å². The molecule has 2 aromatic rings. The molecule has 2 aromatic heterocycles. The van der Waals surface area contributed by atoms with Crippen LogP contribution in [0.25, 0.3) is 5.65 Å². The van der Waals surface area contributed by atoms with Crippen molar-refractivity contribution >= 4 is 17.6 Å². The van der Waals surface area contributed by atoms with Crippen LogP contribution in [0.2, 0.25) is 0 Å². The Morgan fingerprint density at radius 1 is 1.19 bits per heavy atom. The van der Waals surface area contributed by atoms with Crippen molar-refractivity contribution in [3.63, 3.8) is 0 Å². The number of amides is 2. The summed E-state index contributed by atoms with van der Waals surface area (Å²) in [6.07, 6.45) is 9.39. The second-order valence-corrected chi connectivity index (χ2v) is 7.73. The van der Waals surface area contributed by atoms with Crippen LogP contribution in [0.3, 0.4) is 0 Å². The number of primary amides is 1. The molecule has 8 heteroatoms. The lowest BCUT2D eigenvalue weighted by molar-refractivity contribution is 0.140. The van der Waals surface area contributed by atoms with Gasteiger partial charge in [-0.3, -0.25) is 4.40 Å². The van der Waals surface area contributed by atoms with Crippen molar-refractivity contribution < 1.29 is 9.53 Å². The maximum absolute atomic E-state index is 11.0. The van der Waals surface area contributed by atoms with E-state index in [-0.39, 0.29) is 12.1 Å². The van der Waals surface area contributed by atoms with Crippen LogP contribution < -0.4 is 20.7 Å². The molecule has 3 heterocycles. The summed E-state index contributed by atoms with van der Waals surface area (Å²) >= 11 is 0. The van der Waals surface area contributed by atoms with E-state index in [9.17, 15) is 4.79 Å². The highest BCUT2D eigenvalue weighted by Gasteiger charge is 2.25. The standard InChI is InChI=1S/C19H28N6O2/c1-13-4-2-3-11-24(13)19-23-22-17-10-9-16(12-25(17)19)27-15-7-5-14(6-8-15)21-18(20)26/h9-10,12-15H,2-8,11H2,1H3,(H3,20,21,26)/t13-,14?,15?/m0/s1. The quantitative estimate of drug-likeness (QED) is 0.859. The number of nitrogens with two attached hydrogens (primary N) is 1. The smallest absolute Gasteiger partial charge is 0.312 e. The molecule has 2 aliphatic rings. The maximum atomic E-state index is 11.0. The average Bonchev–Trinajstić information content (AvgIpc) is 3.06. The Bertz CT molecular complexity index is 799. The topological polar surface area (TPSA) is 97.8 Å². The minimum atomic E-state index is -0.447. The van der Waals surface area contributed by atoms with Gasteiger partial charge < -0.3 is 20.7 Å². The van der Waals surface area contributed by atoms with E-state index in [4.69, 9.17) is 10.5 Å². The number of rotatable bonds is 4. The third kappa shape index (κ3) is 3.94. The van der Waals surface area contributed by atoms with Gasteiger partial charge in [0.2, 0.25) is 5.95 Å². The number of nitrogens with one attached hydrogen (secondary N) is 1. The van der Waals surface area contributed by atoms with E-state index in [0.29, 0.717) is 6.04 Å². The van der Waals surface area contributed by atoms with Gasteiger partial charge in [-0.1, -0.05) is 0 Å². The Labute approximate surface area is 159 Å². The highest BCUT2D eigenvalue weighted by molar-refractivity contribution is 5.71. The van der Waals surface area contributed by atoms with Crippen molar-refractivity contribution in [2.75, 3.05) is 11.4 Å². The van der Waals surface area contributed by atoms with Crippen LogP contribution in [0.5, 0.6) is 5.75 Å². The number of fused-ring (bicyclic) bond motifs is 1. The van der Waals surface area contributed by atoms with Gasteiger partial charge in [0.1, 0.15) is 5.75 Å². The zero-order chi connectivity index (χ0) is 18.8. The van der Waals surface area contributed by atoms with Crippen molar-refractivity contribution in [1.29, 1.82) is 0 Å². The lowest BCUT2D eigenvalue weighted by Gasteiger charge is -2.33. The fraction of sp³-hybridized carbons (Fsp3) is 0.632. The second-order valence-electron chi connectivity index (χ2n) is 7.73. The highest BCUT2D eigenvalue weighted by Crippen LogP contribution is 2.27. The number of piperidine rings is 1. The van der Waals surface area contributed by atoms with E-state index in [1.54, 1.807) is 0 Å². The van der Waals surface area contributed by atoms with Gasteiger partial charge in [0.05, 0.1) is 12.3 Å². The first-order valence-electron chi connectivity index (χ1n) is 9.94. The van der Waals surface area contributed by atoms with Crippen LogP contribution >= 0.6 is 0 Å². The van der Waals surface area contributed by atoms with Crippen molar-refractivity contribution in [2.45, 2.75) is 70.1 Å². The molecule has 3 N–H and O–H groups in total. The number of pyridine rings is 1. The van der Waals surface area contributed by atoms with Gasteiger partial charge in [-0.2, -0.15) is 0 Å². The number of anilines is 1. The summed E-state index contributed by atoms with van der Waals surface area (Å²) in [5.41, 5.74) is 6.05. The zero-order valence-electron chi connectivity index (χ0n) is 15.8. The Kier molecular flexibility index (Phi) is 5.05. The van der Waals surface area contributed by atoms with Gasteiger partial charge in [0.25, 0.3) is 0 Å². The van der Waals surface area contributed by atoms with Crippen molar-refractivity contribution in [1.82, 2.24) is 19.9 Å². The third-order valence-corrected chi connectivity index (χ3v) is 5.74. The summed E-state index contributed by atoms with van der Waals surface area (Å²) in [6.45, 7) is 3.27. The Balaban J connectivity index is 1.46. The Hall–Kier alpha value is -2.51. The molecule has 1 aliphatic heterocycles. The number of carbonyl (C=O) groups is 1. The van der Waals surface area contributed by atoms with Gasteiger partial charge in [0.15, 0.2) is 5.65 Å². The minimum absolute atomic E-state index is 0.155. The predicted molar refractivity (Wildman–Crippen MR) is 103 cm³/mol. The summed E-state index contributed by atoms with van der Waals surface area (Å²) in [4.78, 5) is 13.3. The number of urea groups is 1. The van der Waals surface area contributed by atoms with E-state index in [1.165, 1.54) is 19.3 Å². The van der Waals surface area contributed by atoms with Gasteiger partial charge in [-0.15, -0.1) is 10.2 Å². The Morgan fingerprint density at radius 2 is 2.00 bits per heavy atom. The summed E-state index contributed by atoms with van der Waals surface area (Å²) in [5.74, 6) is 1.73. The number of nitrogens with zero attached hydrogens (tertiary/aromatic N) is 4. The lowest BCUT2D eigenvalue weighted by atomic mass is 9.93. The van der Waals surface area contributed by atoms with Crippen LogP contribution in [0.15, 0.2) is 18.3 Å². The molecule has 2 amide bonds. The highest BCUT2D eigenvalue weighted by atomic mass is 16.5. The summed E-state index contributed by atoms with van der Waals surface area (Å²) < 4.78 is 8.26. The molecule has 8 nitrogen and oxygen atoms in total. The van der Waals surface area contributed by atoms with Gasteiger partial charge >= 0.3 is 6.03 Å². The largest absolute Gasteiger partial charge is 0.489 e. The normalized spacial score (nSPS) is 26.1. The second kappa shape index (κ2) is 7.62. The lowest BCUT2D eigenvalue weighted by Crippen LogP contribution is -2.42. The first-order valence-corrected chi connectivity index (χ1v) is 9.94. The number of hydrogen-bond donors (Lipinski definition) is 2. The summed E-state index contributed by atoms with van der Waals surface area (Å²) in [6, 6.07) is 4.11. The molecule has 1 saturated carbocycles. The molecule has 0 bridgehead atoms. The number of carbonyl (C=O) groups excluding carboxylic acids is 1. The SMILES string of the molecule is C[C@H]1CCCCN1c1nnc2ccc(OC3CCC(NC(N)=O)CC3)cn12. The van der Waals surface area contributed by atoms with E-state index < -0.39 is 6.03 Å². The zero-order valence-corrected chi connectivity index (χ0v) is 15.8. The molecular weight excluding hydrogens is 344 g/mol. The predicted octanol–water partition coefficient (Wildman–Crippen LogP) is 2.47. The first kappa shape index (κ1) is 17.9. The third-order valence-electron chi connectivity index (χ3n) is 5.74. The number of aromatic nitrogens is 3. The molecular formula is C19H28N6O2. The molecule has 4 rings (SSSR count). The van der Waals surface area contributed by atoms with Gasteiger partial charge in [-0.05, 0) is 64.0 Å². The van der Waals surface area contributed by atoms with Crippen molar-refractivity contribution in [3.8, 4) is 5.75 Å². The van der Waals surface area contributed by atoms with Crippen LogP contribution in [-0.2, 0) is 0 Å². The monoisotopic (exact) mass is 372 g/mol. The molecule has 0 unspecified atom stereocenters. The van der Waals surface area contributed by atoms with E-state index >= 15 is 0 Å². The van der Waals surface area contributed by atoms with Gasteiger partial charge in [0, 0.05) is 18.6 Å². The minimum Gasteiger partial charge on any atom is -0.489 e. The van der Waals surface area contributed by atoms with Crippen molar-refractivity contribution in [3.05, 3.63) is 18.3 Å². The van der Waals surface area contributed by atoms with Crippen molar-refractivity contribution in [2.24, 2.45) is 5.73 Å². The first-order chi connectivity index (χ1) is 13.1. The number of ether oxygens (including phenoxy) is 1. The summed E-state index contributed by atoms with van der Waals surface area (Å²) in [7, 11) is 0. The molecule has 1 atom stereocenters. The number of hydrogen-bond acceptors (Lipinski definition) is 5. The molecule has 1 saturated heterocycles. The summed E-state index contributed by atoms with van der Waals surface area (Å²) in [5, 5.41) is 11.5. The maximum Gasteiger partial charge on any atom is 0.312 e.